The first kappa shape index (κ1) is 14.0. The first-order valence-corrected chi connectivity index (χ1v) is 7.61. The lowest BCUT2D eigenvalue weighted by molar-refractivity contribution is -0.117. The molecule has 0 aliphatic carbocycles. The molecule has 0 saturated carbocycles. The van der Waals surface area contributed by atoms with Crippen LogP contribution in [0.5, 0.6) is 0 Å². The molecule has 3 aromatic rings. The molecule has 0 aliphatic rings. The third-order valence-corrected chi connectivity index (χ3v) is 3.82. The zero-order chi connectivity index (χ0) is 14.7. The minimum atomic E-state index is 0.177. The number of benzene rings is 2. The topological polar surface area (TPSA) is 30.0 Å². The molecule has 0 amide bonds. The van der Waals surface area contributed by atoms with Crippen molar-refractivity contribution in [1.82, 2.24) is 4.98 Å². The quantitative estimate of drug-likeness (QED) is 0.707. The number of rotatable bonds is 4. The van der Waals surface area contributed by atoms with Crippen molar-refractivity contribution >= 4 is 32.6 Å². The summed E-state index contributed by atoms with van der Waals surface area (Å²) in [6.07, 6.45) is 0.811. The second kappa shape index (κ2) is 6.19. The van der Waals surface area contributed by atoms with Crippen LogP contribution in [0.3, 0.4) is 0 Å². The molecule has 0 saturated heterocycles. The van der Waals surface area contributed by atoms with Crippen LogP contribution in [0.2, 0.25) is 0 Å². The van der Waals surface area contributed by atoms with Gasteiger partial charge in [0.25, 0.3) is 0 Å². The van der Waals surface area contributed by atoms with Crippen molar-refractivity contribution in [2.45, 2.75) is 12.8 Å². The maximum absolute atomic E-state index is 12.2. The summed E-state index contributed by atoms with van der Waals surface area (Å²) in [6, 6.07) is 19.7. The van der Waals surface area contributed by atoms with Gasteiger partial charge in [-0.3, -0.25) is 9.78 Å². The van der Waals surface area contributed by atoms with Crippen LogP contribution in [-0.2, 0) is 17.6 Å². The number of nitrogens with zero attached hydrogens (tertiary/aromatic N) is 1. The Bertz CT molecular complexity index is 798. The molecule has 3 heteroatoms. The molecule has 0 atom stereocenters. The Balaban J connectivity index is 1.74. The summed E-state index contributed by atoms with van der Waals surface area (Å²) in [7, 11) is 0. The molecule has 2 nitrogen and oxygen atoms in total. The van der Waals surface area contributed by atoms with Gasteiger partial charge in [0.15, 0.2) is 0 Å². The number of para-hydroxylation sites is 1. The molecule has 1 heterocycles. The van der Waals surface area contributed by atoms with Gasteiger partial charge < -0.3 is 0 Å². The highest BCUT2D eigenvalue weighted by Crippen LogP contribution is 2.15. The van der Waals surface area contributed by atoms with E-state index in [4.69, 9.17) is 0 Å². The van der Waals surface area contributed by atoms with Gasteiger partial charge in [-0.1, -0.05) is 52.3 Å². The van der Waals surface area contributed by atoms with E-state index in [-0.39, 0.29) is 5.78 Å². The number of hydrogen-bond donors (Lipinski definition) is 0. The predicted octanol–water partition coefficient (Wildman–Crippen LogP) is 4.35. The number of ketones is 1. The molecule has 0 unspecified atom stereocenters. The maximum Gasteiger partial charge on any atom is 0.143 e. The second-order valence-corrected chi connectivity index (χ2v) is 5.93. The summed E-state index contributed by atoms with van der Waals surface area (Å²) >= 11 is 3.42. The van der Waals surface area contributed by atoms with Crippen LogP contribution < -0.4 is 0 Å². The van der Waals surface area contributed by atoms with Gasteiger partial charge >= 0.3 is 0 Å². The van der Waals surface area contributed by atoms with Crippen molar-refractivity contribution in [1.29, 1.82) is 0 Å². The van der Waals surface area contributed by atoms with Gasteiger partial charge in [0.05, 0.1) is 5.52 Å². The SMILES string of the molecule is O=C(Cc1cccc(Br)c1)Cc1ccc2ccccc2n1. The van der Waals surface area contributed by atoms with Gasteiger partial charge in [0.1, 0.15) is 5.78 Å². The molecule has 0 aliphatic heterocycles. The Kier molecular flexibility index (Phi) is 4.11. The number of pyridine rings is 1. The summed E-state index contributed by atoms with van der Waals surface area (Å²) in [5, 5.41) is 1.10. The molecule has 104 valence electrons. The van der Waals surface area contributed by atoms with Gasteiger partial charge in [-0.25, -0.2) is 0 Å². The van der Waals surface area contributed by atoms with Crippen molar-refractivity contribution in [2.24, 2.45) is 0 Å². The van der Waals surface area contributed by atoms with Gasteiger partial charge in [-0.2, -0.15) is 0 Å². The zero-order valence-electron chi connectivity index (χ0n) is 11.4. The predicted molar refractivity (Wildman–Crippen MR) is 88.3 cm³/mol. The van der Waals surface area contributed by atoms with E-state index >= 15 is 0 Å². The molecule has 0 fully saturated rings. The Hall–Kier alpha value is -2.00. The van der Waals surface area contributed by atoms with E-state index in [1.165, 1.54) is 0 Å². The fraction of sp³-hybridized carbons (Fsp3) is 0.111. The largest absolute Gasteiger partial charge is 0.299 e. The summed E-state index contributed by atoms with van der Waals surface area (Å²) in [5.41, 5.74) is 2.79. The number of carbonyl (C=O) groups excluding carboxylic acids is 1. The molecule has 0 radical (unpaired) electrons. The first-order chi connectivity index (χ1) is 10.2. The normalized spacial score (nSPS) is 10.7. The number of carbonyl (C=O) groups is 1. The van der Waals surface area contributed by atoms with E-state index < -0.39 is 0 Å². The third-order valence-electron chi connectivity index (χ3n) is 3.32. The lowest BCUT2D eigenvalue weighted by Gasteiger charge is -2.04. The lowest BCUT2D eigenvalue weighted by Crippen LogP contribution is -2.07. The molecule has 0 spiro atoms. The van der Waals surface area contributed by atoms with E-state index in [2.05, 4.69) is 20.9 Å². The highest BCUT2D eigenvalue weighted by atomic mass is 79.9. The molecule has 0 N–H and O–H groups in total. The summed E-state index contributed by atoms with van der Waals surface area (Å²) in [5.74, 6) is 0.177. The van der Waals surface area contributed by atoms with Crippen LogP contribution in [0, 0.1) is 0 Å². The van der Waals surface area contributed by atoms with Gasteiger partial charge in [0.2, 0.25) is 0 Å². The average molecular weight is 340 g/mol. The van der Waals surface area contributed by atoms with Crippen LogP contribution in [0.1, 0.15) is 11.3 Å². The van der Waals surface area contributed by atoms with E-state index in [0.29, 0.717) is 12.8 Å². The Morgan fingerprint density at radius 3 is 2.67 bits per heavy atom. The van der Waals surface area contributed by atoms with Crippen molar-refractivity contribution < 1.29 is 4.79 Å². The molecule has 1 aromatic heterocycles. The average Bonchev–Trinajstić information content (AvgIpc) is 2.47. The first-order valence-electron chi connectivity index (χ1n) is 6.81. The van der Waals surface area contributed by atoms with Crippen LogP contribution in [-0.4, -0.2) is 10.8 Å². The highest BCUT2D eigenvalue weighted by Gasteiger charge is 2.07. The second-order valence-electron chi connectivity index (χ2n) is 5.02. The smallest absolute Gasteiger partial charge is 0.143 e. The number of Topliss-reactive ketones (excluding diaryl/α,β-unsaturated/α-hetero) is 1. The number of aromatic nitrogens is 1. The van der Waals surface area contributed by atoms with E-state index in [1.54, 1.807) is 0 Å². The minimum absolute atomic E-state index is 0.177. The van der Waals surface area contributed by atoms with Crippen molar-refractivity contribution in [3.8, 4) is 0 Å². The molecule has 0 bridgehead atoms. The summed E-state index contributed by atoms with van der Waals surface area (Å²) in [4.78, 5) is 16.7. The highest BCUT2D eigenvalue weighted by molar-refractivity contribution is 9.10. The molecular weight excluding hydrogens is 326 g/mol. The van der Waals surface area contributed by atoms with E-state index in [9.17, 15) is 4.79 Å². The van der Waals surface area contributed by atoms with Crippen molar-refractivity contribution in [2.75, 3.05) is 0 Å². The Morgan fingerprint density at radius 2 is 1.81 bits per heavy atom. The molecule has 3 rings (SSSR count). The summed E-state index contributed by atoms with van der Waals surface area (Å²) < 4.78 is 0.997. The van der Waals surface area contributed by atoms with Crippen LogP contribution in [0.4, 0.5) is 0 Å². The monoisotopic (exact) mass is 339 g/mol. The Morgan fingerprint density at radius 1 is 0.952 bits per heavy atom. The number of hydrogen-bond acceptors (Lipinski definition) is 2. The molecule has 2 aromatic carbocycles. The number of fused-ring (bicyclic) bond motifs is 1. The van der Waals surface area contributed by atoms with Gasteiger partial charge in [-0.15, -0.1) is 0 Å². The minimum Gasteiger partial charge on any atom is -0.299 e. The lowest BCUT2D eigenvalue weighted by atomic mass is 10.1. The standard InChI is InChI=1S/C18H14BrNO/c19-15-6-3-4-13(10-15)11-17(21)12-16-9-8-14-5-1-2-7-18(14)20-16/h1-10H,11-12H2. The zero-order valence-corrected chi connectivity index (χ0v) is 13.0. The number of halogens is 1. The Labute approximate surface area is 132 Å². The van der Waals surface area contributed by atoms with Crippen LogP contribution in [0.15, 0.2) is 65.1 Å². The fourth-order valence-electron chi connectivity index (χ4n) is 2.35. The van der Waals surface area contributed by atoms with E-state index in [0.717, 1.165) is 26.6 Å². The van der Waals surface area contributed by atoms with Crippen LogP contribution >= 0.6 is 15.9 Å². The van der Waals surface area contributed by atoms with Gasteiger partial charge in [-0.05, 0) is 29.8 Å². The summed E-state index contributed by atoms with van der Waals surface area (Å²) in [6.45, 7) is 0. The van der Waals surface area contributed by atoms with E-state index in [1.807, 2.05) is 60.7 Å². The molecule has 21 heavy (non-hydrogen) atoms. The van der Waals surface area contributed by atoms with Crippen molar-refractivity contribution in [3.63, 3.8) is 0 Å². The van der Waals surface area contributed by atoms with Crippen molar-refractivity contribution in [3.05, 3.63) is 76.4 Å². The van der Waals surface area contributed by atoms with Gasteiger partial charge in [0, 0.05) is 28.4 Å². The maximum atomic E-state index is 12.2. The third kappa shape index (κ3) is 3.56. The van der Waals surface area contributed by atoms with Crippen LogP contribution in [0.25, 0.3) is 10.9 Å². The molecular formula is C18H14BrNO. The fourth-order valence-corrected chi connectivity index (χ4v) is 2.79.